The first kappa shape index (κ1) is 21.4. The second-order valence-corrected chi connectivity index (χ2v) is 7.04. The number of hydrogen-bond acceptors (Lipinski definition) is 6. The molecule has 1 N–H and O–H groups in total. The molecule has 0 aromatic heterocycles. The maximum Gasteiger partial charge on any atom is 0.335 e. The third-order valence-electron chi connectivity index (χ3n) is 4.88. The Bertz CT molecular complexity index is 1270. The fourth-order valence-electron chi connectivity index (χ4n) is 3.24. The van der Waals surface area contributed by atoms with Crippen LogP contribution in [0.15, 0.2) is 84.4 Å². The van der Waals surface area contributed by atoms with Gasteiger partial charge in [-0.1, -0.05) is 48.5 Å². The number of hydrogen-bond donors (Lipinski definition) is 1. The van der Waals surface area contributed by atoms with Gasteiger partial charge in [-0.25, -0.2) is 9.69 Å². The number of nitro groups is 1. The van der Waals surface area contributed by atoms with Gasteiger partial charge < -0.3 is 4.74 Å². The summed E-state index contributed by atoms with van der Waals surface area (Å²) in [4.78, 5) is 48.9. The van der Waals surface area contributed by atoms with E-state index in [1.165, 1.54) is 30.3 Å². The van der Waals surface area contributed by atoms with E-state index in [4.69, 9.17) is 4.74 Å². The van der Waals surface area contributed by atoms with Gasteiger partial charge in [-0.05, 0) is 29.8 Å². The number of benzene rings is 3. The highest BCUT2D eigenvalue weighted by atomic mass is 16.6. The lowest BCUT2D eigenvalue weighted by atomic mass is 10.1. The van der Waals surface area contributed by atoms with Crippen molar-refractivity contribution in [1.82, 2.24) is 5.32 Å². The Hall–Kier alpha value is -4.79. The molecule has 33 heavy (non-hydrogen) atoms. The van der Waals surface area contributed by atoms with Gasteiger partial charge in [0.25, 0.3) is 17.5 Å². The van der Waals surface area contributed by atoms with Gasteiger partial charge in [-0.2, -0.15) is 0 Å². The van der Waals surface area contributed by atoms with E-state index in [-0.39, 0.29) is 23.6 Å². The molecule has 4 amide bonds. The number of nitrogens with zero attached hydrogens (tertiary/aromatic N) is 2. The van der Waals surface area contributed by atoms with Crippen LogP contribution in [0.2, 0.25) is 0 Å². The van der Waals surface area contributed by atoms with E-state index < -0.39 is 22.8 Å². The molecule has 0 unspecified atom stereocenters. The summed E-state index contributed by atoms with van der Waals surface area (Å²) >= 11 is 0. The number of ether oxygens (including phenoxy) is 1. The summed E-state index contributed by atoms with van der Waals surface area (Å²) in [5.74, 6) is -1.25. The Balaban J connectivity index is 1.63. The number of amides is 4. The lowest BCUT2D eigenvalue weighted by Gasteiger charge is -2.26. The van der Waals surface area contributed by atoms with Crippen molar-refractivity contribution in [3.05, 3.63) is 106 Å². The number of nitrogens with one attached hydrogen (secondary N) is 1. The Morgan fingerprint density at radius 3 is 2.27 bits per heavy atom. The Morgan fingerprint density at radius 1 is 0.909 bits per heavy atom. The van der Waals surface area contributed by atoms with Crippen LogP contribution in [0, 0.1) is 10.1 Å². The fourth-order valence-corrected chi connectivity index (χ4v) is 3.24. The Kier molecular flexibility index (Phi) is 5.94. The van der Waals surface area contributed by atoms with Crippen LogP contribution in [0.3, 0.4) is 0 Å². The number of carbonyl (C=O) groups is 3. The second-order valence-electron chi connectivity index (χ2n) is 7.04. The number of anilines is 1. The van der Waals surface area contributed by atoms with E-state index in [0.717, 1.165) is 10.5 Å². The standard InChI is InChI=1S/C24H17N3O6/c28-22-20(14-17-8-4-5-9-21(17)33-15-16-6-2-1-3-7-16)23(29)26(24(30)25-22)18-10-12-19(13-11-18)27(31)32/h1-14H,15H2,(H,25,28,30)/b20-14+. The van der Waals surface area contributed by atoms with Crippen molar-refractivity contribution in [2.24, 2.45) is 0 Å². The third-order valence-corrected chi connectivity index (χ3v) is 4.88. The van der Waals surface area contributed by atoms with Gasteiger partial charge in [0.2, 0.25) is 0 Å². The van der Waals surface area contributed by atoms with E-state index >= 15 is 0 Å². The number of rotatable bonds is 6. The molecule has 1 heterocycles. The predicted molar refractivity (Wildman–Crippen MR) is 119 cm³/mol. The molecule has 0 aliphatic carbocycles. The van der Waals surface area contributed by atoms with Gasteiger partial charge in [0.15, 0.2) is 0 Å². The van der Waals surface area contributed by atoms with E-state index in [1.54, 1.807) is 24.3 Å². The molecular weight excluding hydrogens is 426 g/mol. The molecule has 1 aliphatic rings. The highest BCUT2D eigenvalue weighted by Crippen LogP contribution is 2.27. The number of carbonyl (C=O) groups excluding carboxylic acids is 3. The summed E-state index contributed by atoms with van der Waals surface area (Å²) in [7, 11) is 0. The number of non-ortho nitro benzene ring substituents is 1. The topological polar surface area (TPSA) is 119 Å². The quantitative estimate of drug-likeness (QED) is 0.268. The largest absolute Gasteiger partial charge is 0.488 e. The first-order chi connectivity index (χ1) is 15.9. The van der Waals surface area contributed by atoms with Crippen LogP contribution >= 0.6 is 0 Å². The minimum Gasteiger partial charge on any atom is -0.488 e. The molecule has 3 aromatic carbocycles. The normalized spacial score (nSPS) is 14.8. The van der Waals surface area contributed by atoms with Crippen molar-refractivity contribution >= 4 is 35.3 Å². The Labute approximate surface area is 188 Å². The number of urea groups is 1. The highest BCUT2D eigenvalue weighted by Gasteiger charge is 2.37. The molecule has 9 nitrogen and oxygen atoms in total. The van der Waals surface area contributed by atoms with Crippen LogP contribution in [0.25, 0.3) is 6.08 Å². The molecule has 3 aromatic rings. The Morgan fingerprint density at radius 2 is 1.58 bits per heavy atom. The summed E-state index contributed by atoms with van der Waals surface area (Å²) in [5.41, 5.74) is 1.05. The second kappa shape index (κ2) is 9.15. The fraction of sp³-hybridized carbons (Fsp3) is 0.0417. The highest BCUT2D eigenvalue weighted by molar-refractivity contribution is 6.39. The summed E-state index contributed by atoms with van der Waals surface area (Å²) in [6.07, 6.45) is 1.35. The predicted octanol–water partition coefficient (Wildman–Crippen LogP) is 3.84. The minimum absolute atomic E-state index is 0.0927. The molecule has 0 saturated carbocycles. The monoisotopic (exact) mass is 443 g/mol. The zero-order valence-corrected chi connectivity index (χ0v) is 17.1. The zero-order valence-electron chi connectivity index (χ0n) is 17.1. The van der Waals surface area contributed by atoms with Gasteiger partial charge in [0.05, 0.1) is 10.6 Å². The number of barbiturate groups is 1. The lowest BCUT2D eigenvalue weighted by molar-refractivity contribution is -0.384. The number of imide groups is 2. The molecule has 4 rings (SSSR count). The zero-order chi connectivity index (χ0) is 23.4. The SMILES string of the molecule is O=C1NC(=O)N(c2ccc([N+](=O)[O-])cc2)C(=O)/C1=C/c1ccccc1OCc1ccccc1. The van der Waals surface area contributed by atoms with Crippen LogP contribution < -0.4 is 15.0 Å². The van der Waals surface area contributed by atoms with Crippen molar-refractivity contribution in [2.75, 3.05) is 4.90 Å². The number of nitro benzene ring substituents is 1. The van der Waals surface area contributed by atoms with Crippen molar-refractivity contribution in [3.8, 4) is 5.75 Å². The van der Waals surface area contributed by atoms with Crippen LogP contribution in [-0.4, -0.2) is 22.8 Å². The van der Waals surface area contributed by atoms with Gasteiger partial charge >= 0.3 is 6.03 Å². The lowest BCUT2D eigenvalue weighted by Crippen LogP contribution is -2.54. The average molecular weight is 443 g/mol. The van der Waals surface area contributed by atoms with Gasteiger partial charge in [0, 0.05) is 17.7 Å². The van der Waals surface area contributed by atoms with Gasteiger partial charge in [-0.3, -0.25) is 25.0 Å². The molecular formula is C24H17N3O6. The molecule has 164 valence electrons. The molecule has 1 aliphatic heterocycles. The molecule has 9 heteroatoms. The van der Waals surface area contributed by atoms with E-state index in [9.17, 15) is 24.5 Å². The van der Waals surface area contributed by atoms with Crippen molar-refractivity contribution in [1.29, 1.82) is 0 Å². The molecule has 0 radical (unpaired) electrons. The van der Waals surface area contributed by atoms with E-state index in [1.807, 2.05) is 30.3 Å². The number of para-hydroxylation sites is 1. The van der Waals surface area contributed by atoms with Crippen LogP contribution in [0.1, 0.15) is 11.1 Å². The average Bonchev–Trinajstić information content (AvgIpc) is 2.82. The maximum absolute atomic E-state index is 13.1. The first-order valence-corrected chi connectivity index (χ1v) is 9.86. The van der Waals surface area contributed by atoms with Crippen LogP contribution in [-0.2, 0) is 16.2 Å². The van der Waals surface area contributed by atoms with Crippen molar-refractivity contribution in [3.63, 3.8) is 0 Å². The summed E-state index contributed by atoms with van der Waals surface area (Å²) in [5, 5.41) is 13.0. The first-order valence-electron chi connectivity index (χ1n) is 9.86. The van der Waals surface area contributed by atoms with Crippen LogP contribution in [0.4, 0.5) is 16.2 Å². The van der Waals surface area contributed by atoms with Crippen molar-refractivity contribution in [2.45, 2.75) is 6.61 Å². The summed E-state index contributed by atoms with van der Waals surface area (Å²) in [6.45, 7) is 0.286. The van der Waals surface area contributed by atoms with Gasteiger partial charge in [-0.15, -0.1) is 0 Å². The smallest absolute Gasteiger partial charge is 0.335 e. The van der Waals surface area contributed by atoms with Crippen molar-refractivity contribution < 1.29 is 24.0 Å². The van der Waals surface area contributed by atoms with E-state index in [0.29, 0.717) is 11.3 Å². The molecule has 0 atom stereocenters. The molecule has 1 fully saturated rings. The van der Waals surface area contributed by atoms with Crippen LogP contribution in [0.5, 0.6) is 5.75 Å². The third kappa shape index (κ3) is 4.62. The maximum atomic E-state index is 13.1. The summed E-state index contributed by atoms with van der Waals surface area (Å²) in [6, 6.07) is 20.3. The minimum atomic E-state index is -0.940. The summed E-state index contributed by atoms with van der Waals surface area (Å²) < 4.78 is 5.87. The molecule has 0 spiro atoms. The molecule has 1 saturated heterocycles. The molecule has 0 bridgehead atoms. The van der Waals surface area contributed by atoms with Gasteiger partial charge in [0.1, 0.15) is 17.9 Å². The van der Waals surface area contributed by atoms with E-state index in [2.05, 4.69) is 5.32 Å².